The molecule has 2 aromatic heterocycles. The standard InChI is InChI=1S/C18H21N5O4/c1-2-13(8-24)27-14(9-25)23-11-21-15-16(19-10-20-17(15)23)22-18(26)12-6-4-3-5-7-12/h3-7,10-11,13-14,24-25H,2,8-9H2,1H3,(H,19,20,22,26)/t13-,14+/m0/s1. The third-order valence-electron chi connectivity index (χ3n) is 4.10. The van der Waals surface area contributed by atoms with E-state index in [2.05, 4.69) is 20.3 Å². The van der Waals surface area contributed by atoms with E-state index in [0.29, 0.717) is 23.1 Å². The van der Waals surface area contributed by atoms with Crippen LogP contribution in [0.4, 0.5) is 5.82 Å². The SMILES string of the molecule is CC[C@@H](CO)O[C@H](CO)n1cnc2c(NC(=O)c3ccccc3)ncnc21. The molecule has 0 fully saturated rings. The van der Waals surface area contributed by atoms with E-state index in [1.165, 1.54) is 12.7 Å². The van der Waals surface area contributed by atoms with Gasteiger partial charge in [0.05, 0.1) is 25.6 Å². The second-order valence-corrected chi connectivity index (χ2v) is 5.85. The maximum absolute atomic E-state index is 12.4. The highest BCUT2D eigenvalue weighted by Gasteiger charge is 2.21. The van der Waals surface area contributed by atoms with Crippen molar-refractivity contribution in [1.82, 2.24) is 19.5 Å². The lowest BCUT2D eigenvalue weighted by atomic mass is 10.2. The normalized spacial score (nSPS) is 13.4. The Labute approximate surface area is 155 Å². The fourth-order valence-corrected chi connectivity index (χ4v) is 2.61. The number of rotatable bonds is 8. The molecule has 0 spiro atoms. The number of amides is 1. The van der Waals surface area contributed by atoms with Gasteiger partial charge in [0.1, 0.15) is 6.33 Å². The Hall–Kier alpha value is -2.88. The molecule has 0 saturated carbocycles. The van der Waals surface area contributed by atoms with Crippen molar-refractivity contribution in [2.24, 2.45) is 0 Å². The first-order valence-electron chi connectivity index (χ1n) is 8.59. The van der Waals surface area contributed by atoms with E-state index in [0.717, 1.165) is 0 Å². The summed E-state index contributed by atoms with van der Waals surface area (Å²) in [6.45, 7) is 1.39. The number of benzene rings is 1. The molecule has 27 heavy (non-hydrogen) atoms. The third kappa shape index (κ3) is 4.11. The first-order valence-corrected chi connectivity index (χ1v) is 8.59. The highest BCUT2D eigenvalue weighted by Crippen LogP contribution is 2.23. The molecule has 3 N–H and O–H groups in total. The first kappa shape index (κ1) is 18.9. The second-order valence-electron chi connectivity index (χ2n) is 5.85. The number of nitrogens with one attached hydrogen (secondary N) is 1. The zero-order valence-corrected chi connectivity index (χ0v) is 14.8. The molecule has 3 rings (SSSR count). The highest BCUT2D eigenvalue weighted by atomic mass is 16.5. The van der Waals surface area contributed by atoms with Crippen molar-refractivity contribution in [1.29, 1.82) is 0 Å². The van der Waals surface area contributed by atoms with Gasteiger partial charge < -0.3 is 20.3 Å². The number of imidazole rings is 1. The van der Waals surface area contributed by atoms with Gasteiger partial charge in [0.25, 0.3) is 5.91 Å². The van der Waals surface area contributed by atoms with Gasteiger partial charge in [0.2, 0.25) is 0 Å². The number of nitrogens with zero attached hydrogens (tertiary/aromatic N) is 4. The molecular formula is C18H21N5O4. The van der Waals surface area contributed by atoms with Gasteiger partial charge in [0, 0.05) is 5.56 Å². The van der Waals surface area contributed by atoms with Crippen LogP contribution >= 0.6 is 0 Å². The zero-order valence-electron chi connectivity index (χ0n) is 14.8. The average Bonchev–Trinajstić information content (AvgIpc) is 3.15. The molecule has 3 aromatic rings. The summed E-state index contributed by atoms with van der Waals surface area (Å²) in [5, 5.41) is 21.7. The number of carbonyl (C=O) groups excluding carboxylic acids is 1. The van der Waals surface area contributed by atoms with E-state index in [-0.39, 0.29) is 24.9 Å². The van der Waals surface area contributed by atoms with Crippen LogP contribution in [0.15, 0.2) is 43.0 Å². The van der Waals surface area contributed by atoms with Gasteiger partial charge >= 0.3 is 0 Å². The number of hydrogen-bond donors (Lipinski definition) is 3. The molecule has 0 aliphatic carbocycles. The van der Waals surface area contributed by atoms with Crippen molar-refractivity contribution in [3.8, 4) is 0 Å². The summed E-state index contributed by atoms with van der Waals surface area (Å²) < 4.78 is 7.27. The largest absolute Gasteiger partial charge is 0.394 e. The Balaban J connectivity index is 1.89. The van der Waals surface area contributed by atoms with Gasteiger partial charge in [0.15, 0.2) is 23.2 Å². The van der Waals surface area contributed by atoms with Crippen molar-refractivity contribution >= 4 is 22.9 Å². The molecule has 0 saturated heterocycles. The quantitative estimate of drug-likeness (QED) is 0.546. The van der Waals surface area contributed by atoms with Crippen LogP contribution < -0.4 is 5.32 Å². The number of aromatic nitrogens is 4. The van der Waals surface area contributed by atoms with E-state index in [4.69, 9.17) is 4.74 Å². The topological polar surface area (TPSA) is 122 Å². The molecule has 0 aliphatic rings. The molecule has 0 unspecified atom stereocenters. The van der Waals surface area contributed by atoms with Crippen molar-refractivity contribution in [2.75, 3.05) is 18.5 Å². The summed E-state index contributed by atoms with van der Waals surface area (Å²) in [6, 6.07) is 8.76. The van der Waals surface area contributed by atoms with Crippen LogP contribution in [0.2, 0.25) is 0 Å². The maximum atomic E-state index is 12.4. The molecule has 2 heterocycles. The van der Waals surface area contributed by atoms with Gasteiger partial charge in [-0.15, -0.1) is 0 Å². The number of hydrogen-bond acceptors (Lipinski definition) is 7. The van der Waals surface area contributed by atoms with Gasteiger partial charge in [-0.1, -0.05) is 25.1 Å². The van der Waals surface area contributed by atoms with E-state index >= 15 is 0 Å². The van der Waals surface area contributed by atoms with Crippen molar-refractivity contribution in [3.05, 3.63) is 48.5 Å². The van der Waals surface area contributed by atoms with Crippen LogP contribution in [0.3, 0.4) is 0 Å². The molecule has 142 valence electrons. The van der Waals surface area contributed by atoms with E-state index in [1.54, 1.807) is 28.8 Å². The maximum Gasteiger partial charge on any atom is 0.256 e. The lowest BCUT2D eigenvalue weighted by molar-refractivity contribution is -0.0955. The summed E-state index contributed by atoms with van der Waals surface area (Å²) in [7, 11) is 0. The molecule has 9 nitrogen and oxygen atoms in total. The molecule has 9 heteroatoms. The lowest BCUT2D eigenvalue weighted by Crippen LogP contribution is -2.25. The van der Waals surface area contributed by atoms with Crippen molar-refractivity contribution in [2.45, 2.75) is 25.7 Å². The lowest BCUT2D eigenvalue weighted by Gasteiger charge is -2.22. The van der Waals surface area contributed by atoms with Crippen molar-refractivity contribution in [3.63, 3.8) is 0 Å². The number of anilines is 1. The Morgan fingerprint density at radius 3 is 2.63 bits per heavy atom. The summed E-state index contributed by atoms with van der Waals surface area (Å²) in [6.07, 6.45) is 2.17. The summed E-state index contributed by atoms with van der Waals surface area (Å²) in [5.74, 6) is -0.0510. The molecule has 2 atom stereocenters. The van der Waals surface area contributed by atoms with Crippen LogP contribution in [0, 0.1) is 0 Å². The molecule has 0 bridgehead atoms. The predicted octanol–water partition coefficient (Wildman–Crippen LogP) is 1.36. The minimum absolute atomic E-state index is 0.160. The molecule has 1 amide bonds. The van der Waals surface area contributed by atoms with Crippen LogP contribution in [0.1, 0.15) is 29.9 Å². The van der Waals surface area contributed by atoms with Gasteiger partial charge in [-0.3, -0.25) is 9.36 Å². The summed E-state index contributed by atoms with van der Waals surface area (Å²) in [4.78, 5) is 24.9. The minimum atomic E-state index is -0.764. The van der Waals surface area contributed by atoms with Gasteiger partial charge in [-0.25, -0.2) is 15.0 Å². The van der Waals surface area contributed by atoms with E-state index < -0.39 is 12.3 Å². The molecule has 0 aliphatic heterocycles. The second kappa shape index (κ2) is 8.67. The number of aliphatic hydroxyl groups excluding tert-OH is 2. The average molecular weight is 371 g/mol. The van der Waals surface area contributed by atoms with Gasteiger partial charge in [-0.2, -0.15) is 0 Å². The number of aliphatic hydroxyl groups is 2. The van der Waals surface area contributed by atoms with Crippen LogP contribution in [-0.4, -0.2) is 55.0 Å². The monoisotopic (exact) mass is 371 g/mol. The first-order chi connectivity index (χ1) is 13.2. The third-order valence-corrected chi connectivity index (χ3v) is 4.10. The predicted molar refractivity (Wildman–Crippen MR) is 98.1 cm³/mol. The number of ether oxygens (including phenoxy) is 1. The van der Waals surface area contributed by atoms with E-state index in [9.17, 15) is 15.0 Å². The minimum Gasteiger partial charge on any atom is -0.394 e. The molecular weight excluding hydrogens is 350 g/mol. The Morgan fingerprint density at radius 1 is 1.19 bits per heavy atom. The number of fused-ring (bicyclic) bond motifs is 1. The van der Waals surface area contributed by atoms with E-state index in [1.807, 2.05) is 13.0 Å². The fourth-order valence-electron chi connectivity index (χ4n) is 2.61. The Bertz CT molecular complexity index is 895. The van der Waals surface area contributed by atoms with Gasteiger partial charge in [-0.05, 0) is 18.6 Å². The summed E-state index contributed by atoms with van der Waals surface area (Å²) >= 11 is 0. The van der Waals surface area contributed by atoms with Crippen LogP contribution in [-0.2, 0) is 4.74 Å². The molecule has 1 aromatic carbocycles. The Kier molecular flexibility index (Phi) is 6.07. The van der Waals surface area contributed by atoms with Crippen LogP contribution in [0.25, 0.3) is 11.2 Å². The smallest absolute Gasteiger partial charge is 0.256 e. The van der Waals surface area contributed by atoms with Crippen LogP contribution in [0.5, 0.6) is 0 Å². The zero-order chi connectivity index (χ0) is 19.2. The fraction of sp³-hybridized carbons (Fsp3) is 0.333. The molecule has 0 radical (unpaired) electrons. The Morgan fingerprint density at radius 2 is 1.96 bits per heavy atom. The van der Waals surface area contributed by atoms with Crippen molar-refractivity contribution < 1.29 is 19.7 Å². The summed E-state index contributed by atoms with van der Waals surface area (Å²) in [5.41, 5.74) is 1.27. The number of carbonyl (C=O) groups is 1. The highest BCUT2D eigenvalue weighted by molar-refractivity contribution is 6.06.